The average molecular weight is 422 g/mol. The molecular weight excluding hydrogens is 396 g/mol. The van der Waals surface area contributed by atoms with E-state index in [1.807, 2.05) is 0 Å². The molecule has 0 aromatic rings. The van der Waals surface area contributed by atoms with Crippen LogP contribution in [0.15, 0.2) is 12.7 Å². The lowest BCUT2D eigenvalue weighted by atomic mass is 9.85. The smallest absolute Gasteiger partial charge is 0.245 e. The SMILES string of the molecule is C=CC(=O)N1CCC(C(=O)NCC2CC(Br)C(Cl)CC2OC)CC1. The zero-order valence-electron chi connectivity index (χ0n) is 14.0. The van der Waals surface area contributed by atoms with E-state index in [4.69, 9.17) is 16.3 Å². The van der Waals surface area contributed by atoms with E-state index in [9.17, 15) is 9.59 Å². The fourth-order valence-corrected chi connectivity index (χ4v) is 4.50. The topological polar surface area (TPSA) is 58.6 Å². The van der Waals surface area contributed by atoms with Crippen molar-refractivity contribution < 1.29 is 14.3 Å². The first kappa shape index (κ1) is 19.7. The van der Waals surface area contributed by atoms with E-state index < -0.39 is 0 Å². The average Bonchev–Trinajstić information content (AvgIpc) is 2.61. The Morgan fingerprint density at radius 3 is 2.62 bits per heavy atom. The standard InChI is InChI=1S/C17H26BrClN2O3/c1-3-16(22)21-6-4-11(5-7-21)17(23)20-10-12-8-13(18)14(19)9-15(12)24-2/h3,11-15H,1,4-10H2,2H3,(H,20,23). The first-order chi connectivity index (χ1) is 11.5. The number of alkyl halides is 2. The lowest BCUT2D eigenvalue weighted by Gasteiger charge is -2.36. The number of halogens is 2. The van der Waals surface area contributed by atoms with Gasteiger partial charge in [-0.1, -0.05) is 22.5 Å². The monoisotopic (exact) mass is 420 g/mol. The van der Waals surface area contributed by atoms with Crippen molar-refractivity contribution in [1.29, 1.82) is 0 Å². The lowest BCUT2D eigenvalue weighted by Crippen LogP contribution is -2.46. The molecule has 7 heteroatoms. The zero-order valence-corrected chi connectivity index (χ0v) is 16.4. The third-order valence-electron chi connectivity index (χ3n) is 5.10. The molecule has 2 amide bonds. The minimum Gasteiger partial charge on any atom is -0.381 e. The summed E-state index contributed by atoms with van der Waals surface area (Å²) in [6, 6.07) is 0. The molecule has 1 N–H and O–H groups in total. The van der Waals surface area contributed by atoms with E-state index in [1.165, 1.54) is 6.08 Å². The van der Waals surface area contributed by atoms with Crippen LogP contribution in [0.4, 0.5) is 0 Å². The van der Waals surface area contributed by atoms with E-state index in [1.54, 1.807) is 12.0 Å². The van der Waals surface area contributed by atoms with Crippen LogP contribution in [-0.2, 0) is 14.3 Å². The van der Waals surface area contributed by atoms with E-state index in [0.29, 0.717) is 32.5 Å². The molecule has 0 radical (unpaired) electrons. The molecular formula is C17H26BrClN2O3. The fourth-order valence-electron chi connectivity index (χ4n) is 3.52. The van der Waals surface area contributed by atoms with Gasteiger partial charge in [-0.3, -0.25) is 9.59 Å². The molecule has 1 aliphatic heterocycles. The van der Waals surface area contributed by atoms with E-state index in [2.05, 4.69) is 27.8 Å². The third kappa shape index (κ3) is 4.96. The summed E-state index contributed by atoms with van der Waals surface area (Å²) < 4.78 is 5.54. The largest absolute Gasteiger partial charge is 0.381 e. The maximum atomic E-state index is 12.4. The minimum atomic E-state index is -0.0574. The van der Waals surface area contributed by atoms with Crippen LogP contribution in [0.3, 0.4) is 0 Å². The molecule has 1 saturated heterocycles. The molecule has 5 nitrogen and oxygen atoms in total. The molecule has 1 saturated carbocycles. The van der Waals surface area contributed by atoms with E-state index in [0.717, 1.165) is 12.8 Å². The maximum absolute atomic E-state index is 12.4. The van der Waals surface area contributed by atoms with Gasteiger partial charge in [0.25, 0.3) is 0 Å². The van der Waals surface area contributed by atoms with E-state index >= 15 is 0 Å². The molecule has 0 aromatic carbocycles. The number of methoxy groups -OCH3 is 1. The Morgan fingerprint density at radius 1 is 1.38 bits per heavy atom. The van der Waals surface area contributed by atoms with Crippen molar-refractivity contribution in [3.05, 3.63) is 12.7 Å². The van der Waals surface area contributed by atoms with Crippen molar-refractivity contribution in [2.75, 3.05) is 26.7 Å². The molecule has 1 aliphatic carbocycles. The number of piperidine rings is 1. The Labute approximate surface area is 157 Å². The number of carbonyl (C=O) groups is 2. The summed E-state index contributed by atoms with van der Waals surface area (Å²) in [6.45, 7) is 5.34. The number of hydrogen-bond acceptors (Lipinski definition) is 3. The van der Waals surface area contributed by atoms with Gasteiger partial charge in [-0.05, 0) is 31.8 Å². The van der Waals surface area contributed by atoms with Gasteiger partial charge in [-0.25, -0.2) is 0 Å². The first-order valence-electron chi connectivity index (χ1n) is 8.46. The van der Waals surface area contributed by atoms with Gasteiger partial charge in [0.15, 0.2) is 0 Å². The van der Waals surface area contributed by atoms with Crippen molar-refractivity contribution in [1.82, 2.24) is 10.2 Å². The lowest BCUT2D eigenvalue weighted by molar-refractivity contribution is -0.132. The van der Waals surface area contributed by atoms with Gasteiger partial charge in [0, 0.05) is 48.8 Å². The molecule has 0 aromatic heterocycles. The van der Waals surface area contributed by atoms with Crippen LogP contribution >= 0.6 is 27.5 Å². The first-order valence-corrected chi connectivity index (χ1v) is 9.81. The van der Waals surface area contributed by atoms with Gasteiger partial charge in [0.05, 0.1) is 6.10 Å². The molecule has 0 bridgehead atoms. The van der Waals surface area contributed by atoms with Gasteiger partial charge >= 0.3 is 0 Å². The Hall–Kier alpha value is -0.590. The predicted molar refractivity (Wildman–Crippen MR) is 98.4 cm³/mol. The number of carbonyl (C=O) groups excluding carboxylic acids is 2. The van der Waals surface area contributed by atoms with Crippen LogP contribution in [0.1, 0.15) is 25.7 Å². The Bertz CT molecular complexity index is 469. The van der Waals surface area contributed by atoms with Crippen LogP contribution in [0.5, 0.6) is 0 Å². The molecule has 0 spiro atoms. The molecule has 24 heavy (non-hydrogen) atoms. The summed E-state index contributed by atoms with van der Waals surface area (Å²) in [5, 5.41) is 3.14. The number of likely N-dealkylation sites (tertiary alicyclic amines) is 1. The number of nitrogens with one attached hydrogen (secondary N) is 1. The summed E-state index contributed by atoms with van der Waals surface area (Å²) in [5.74, 6) is 0.261. The number of amides is 2. The molecule has 2 rings (SSSR count). The summed E-state index contributed by atoms with van der Waals surface area (Å²) in [6.07, 6.45) is 4.49. The normalized spacial score (nSPS) is 31.5. The Kier molecular flexibility index (Phi) is 7.57. The number of ether oxygens (including phenoxy) is 1. The van der Waals surface area contributed by atoms with Gasteiger partial charge in [-0.2, -0.15) is 0 Å². The van der Waals surface area contributed by atoms with Crippen molar-refractivity contribution in [2.45, 2.75) is 42.0 Å². The molecule has 1 heterocycles. The zero-order chi connectivity index (χ0) is 17.7. The highest BCUT2D eigenvalue weighted by atomic mass is 79.9. The van der Waals surface area contributed by atoms with Crippen LogP contribution in [0, 0.1) is 11.8 Å². The van der Waals surface area contributed by atoms with Crippen LogP contribution in [0.2, 0.25) is 0 Å². The molecule has 4 unspecified atom stereocenters. The second kappa shape index (κ2) is 9.20. The second-order valence-corrected chi connectivity index (χ2v) is 8.32. The van der Waals surface area contributed by atoms with Crippen LogP contribution in [0.25, 0.3) is 0 Å². The Morgan fingerprint density at radius 2 is 2.04 bits per heavy atom. The van der Waals surface area contributed by atoms with Crippen molar-refractivity contribution in [3.63, 3.8) is 0 Å². The molecule has 4 atom stereocenters. The fraction of sp³-hybridized carbons (Fsp3) is 0.765. The van der Waals surface area contributed by atoms with Gasteiger partial charge in [0.2, 0.25) is 11.8 Å². The van der Waals surface area contributed by atoms with Crippen molar-refractivity contribution >= 4 is 39.3 Å². The van der Waals surface area contributed by atoms with Crippen LogP contribution in [-0.4, -0.2) is 59.8 Å². The van der Waals surface area contributed by atoms with Gasteiger partial charge in [0.1, 0.15) is 0 Å². The number of rotatable bonds is 5. The molecule has 2 aliphatic rings. The summed E-state index contributed by atoms with van der Waals surface area (Å²) in [5.41, 5.74) is 0. The quantitative estimate of drug-likeness (QED) is 0.547. The summed E-state index contributed by atoms with van der Waals surface area (Å²) in [4.78, 5) is 26.0. The maximum Gasteiger partial charge on any atom is 0.245 e. The minimum absolute atomic E-state index is 0.0241. The highest BCUT2D eigenvalue weighted by Gasteiger charge is 2.36. The third-order valence-corrected chi connectivity index (χ3v) is 6.90. The highest BCUT2D eigenvalue weighted by molar-refractivity contribution is 9.09. The Balaban J connectivity index is 1.78. The van der Waals surface area contributed by atoms with E-state index in [-0.39, 0.29) is 40.0 Å². The summed E-state index contributed by atoms with van der Waals surface area (Å²) in [7, 11) is 1.70. The highest BCUT2D eigenvalue weighted by Crippen LogP contribution is 2.34. The number of nitrogens with zero attached hydrogens (tertiary/aromatic N) is 1. The van der Waals surface area contributed by atoms with Crippen molar-refractivity contribution in [2.24, 2.45) is 11.8 Å². The second-order valence-electron chi connectivity index (χ2n) is 6.59. The molecule has 136 valence electrons. The van der Waals surface area contributed by atoms with Gasteiger partial charge in [-0.15, -0.1) is 11.6 Å². The summed E-state index contributed by atoms with van der Waals surface area (Å²) >= 11 is 9.90. The number of hydrogen-bond donors (Lipinski definition) is 1. The molecule has 2 fully saturated rings. The van der Waals surface area contributed by atoms with Gasteiger partial charge < -0.3 is 15.0 Å². The van der Waals surface area contributed by atoms with Crippen molar-refractivity contribution in [3.8, 4) is 0 Å². The van der Waals surface area contributed by atoms with Crippen LogP contribution < -0.4 is 5.32 Å². The predicted octanol–water partition coefficient (Wildman–Crippen LogP) is 2.32.